The van der Waals surface area contributed by atoms with Gasteiger partial charge in [0.25, 0.3) is 5.72 Å². The highest BCUT2D eigenvalue weighted by molar-refractivity contribution is 8.13. The van der Waals surface area contributed by atoms with Gasteiger partial charge in [-0.1, -0.05) is 47.5 Å². The van der Waals surface area contributed by atoms with Gasteiger partial charge in [0.2, 0.25) is 0 Å². The monoisotopic (exact) mass is 472 g/mol. The van der Waals surface area contributed by atoms with Gasteiger partial charge in [0.15, 0.2) is 6.54 Å². The van der Waals surface area contributed by atoms with Gasteiger partial charge in [0.1, 0.15) is 5.69 Å². The summed E-state index contributed by atoms with van der Waals surface area (Å²) >= 11 is 14.1. The Hall–Kier alpha value is -0.720. The van der Waals surface area contributed by atoms with Crippen LogP contribution in [0.15, 0.2) is 42.5 Å². The number of para-hydroxylation sites is 1. The summed E-state index contributed by atoms with van der Waals surface area (Å²) in [5, 5.41) is 13.7. The first-order valence-corrected chi connectivity index (χ1v) is 10.0. The standard InChI is InChI=1S/C19H19Cl2N2OS.BrH/c1-13-5-2-3-6-17(13)22-12-19(24,23-9-4-10-25-18(22)23)14-7-8-15(20)16(21)11-14;/h2-3,5-8,11,24H,4,9-10,12H2,1H3;1H/q+1;/p-1. The van der Waals surface area contributed by atoms with Crippen LogP contribution in [0.25, 0.3) is 0 Å². The zero-order chi connectivity index (χ0) is 17.6. The van der Waals surface area contributed by atoms with E-state index in [0.29, 0.717) is 16.6 Å². The van der Waals surface area contributed by atoms with Gasteiger partial charge in [-0.25, -0.2) is 9.48 Å². The van der Waals surface area contributed by atoms with Crippen LogP contribution in [0.1, 0.15) is 17.5 Å². The Labute approximate surface area is 178 Å². The van der Waals surface area contributed by atoms with Gasteiger partial charge >= 0.3 is 5.17 Å². The van der Waals surface area contributed by atoms with Crippen LogP contribution < -0.4 is 21.9 Å². The van der Waals surface area contributed by atoms with E-state index < -0.39 is 5.72 Å². The number of β-amino-alcohol motifs (C(OH)–C–C–N with tert-alkyl or cyclic N) is 1. The second-order valence-electron chi connectivity index (χ2n) is 6.45. The lowest BCUT2D eigenvalue weighted by molar-refractivity contribution is -0.656. The molecule has 0 amide bonds. The predicted molar refractivity (Wildman–Crippen MR) is 106 cm³/mol. The first-order valence-electron chi connectivity index (χ1n) is 8.29. The molecular formula is C19H19BrCl2N2OS. The smallest absolute Gasteiger partial charge is 0.316 e. The maximum Gasteiger partial charge on any atom is 0.316 e. The summed E-state index contributed by atoms with van der Waals surface area (Å²) in [6.07, 6.45) is 1.04. The molecule has 0 fully saturated rings. The molecule has 0 bridgehead atoms. The third kappa shape index (κ3) is 3.29. The molecule has 26 heavy (non-hydrogen) atoms. The summed E-state index contributed by atoms with van der Waals surface area (Å²) in [6.45, 7) is 3.39. The summed E-state index contributed by atoms with van der Waals surface area (Å²) in [7, 11) is 0. The van der Waals surface area contributed by atoms with E-state index in [1.807, 2.05) is 18.2 Å². The average Bonchev–Trinajstić information content (AvgIpc) is 2.92. The van der Waals surface area contributed by atoms with E-state index in [1.54, 1.807) is 23.9 Å². The number of amidine groups is 1. The van der Waals surface area contributed by atoms with Crippen molar-refractivity contribution in [3.63, 3.8) is 0 Å². The maximum absolute atomic E-state index is 11.6. The molecular weight excluding hydrogens is 455 g/mol. The van der Waals surface area contributed by atoms with E-state index in [-0.39, 0.29) is 17.0 Å². The second kappa shape index (κ2) is 7.72. The van der Waals surface area contributed by atoms with Gasteiger partial charge < -0.3 is 22.1 Å². The van der Waals surface area contributed by atoms with Gasteiger partial charge in [-0.15, -0.1) is 0 Å². The number of aliphatic hydroxyl groups is 1. The van der Waals surface area contributed by atoms with E-state index >= 15 is 0 Å². The van der Waals surface area contributed by atoms with Gasteiger partial charge in [0, 0.05) is 11.3 Å². The summed E-state index contributed by atoms with van der Waals surface area (Å²) in [6, 6.07) is 13.7. The van der Waals surface area contributed by atoms with Crippen LogP contribution in [0.3, 0.4) is 0 Å². The van der Waals surface area contributed by atoms with Crippen LogP contribution in [0, 0.1) is 6.92 Å². The normalized spacial score (nSPS) is 22.2. The number of benzene rings is 2. The number of thioether (sulfide) groups is 1. The minimum atomic E-state index is -1.11. The molecule has 7 heteroatoms. The Morgan fingerprint density at radius 1 is 1.15 bits per heavy atom. The first kappa shape index (κ1) is 20.0. The number of hydrogen-bond donors (Lipinski definition) is 1. The molecule has 138 valence electrons. The topological polar surface area (TPSA) is 26.5 Å². The largest absolute Gasteiger partial charge is 1.00 e. The van der Waals surface area contributed by atoms with Crippen molar-refractivity contribution in [1.82, 2.24) is 0 Å². The zero-order valence-corrected chi connectivity index (χ0v) is 18.2. The molecule has 1 atom stereocenters. The van der Waals surface area contributed by atoms with Crippen molar-refractivity contribution in [3.8, 4) is 0 Å². The second-order valence-corrected chi connectivity index (χ2v) is 8.33. The fourth-order valence-corrected chi connectivity index (χ4v) is 5.02. The third-order valence-corrected chi connectivity index (χ3v) is 6.76. The number of rotatable bonds is 2. The summed E-state index contributed by atoms with van der Waals surface area (Å²) in [5.41, 5.74) is 1.99. The lowest BCUT2D eigenvalue weighted by Crippen LogP contribution is -3.00. The highest BCUT2D eigenvalue weighted by Gasteiger charge is 2.53. The fourth-order valence-electron chi connectivity index (χ4n) is 3.55. The first-order chi connectivity index (χ1) is 12.0. The predicted octanol–water partition coefficient (Wildman–Crippen LogP) is 1.48. The Kier molecular flexibility index (Phi) is 5.95. The molecule has 2 aromatic rings. The SMILES string of the molecule is Cc1ccccc1N1CC(O)(c2ccc(Cl)c(Cl)c2)[N+]2=C1SCCC2.[Br-]. The van der Waals surface area contributed by atoms with Crippen molar-refractivity contribution < 1.29 is 26.7 Å². The molecule has 3 nitrogen and oxygen atoms in total. The molecule has 2 aliphatic rings. The summed E-state index contributed by atoms with van der Waals surface area (Å²) in [4.78, 5) is 2.22. The Morgan fingerprint density at radius 2 is 1.92 bits per heavy atom. The maximum atomic E-state index is 11.6. The van der Waals surface area contributed by atoms with E-state index in [2.05, 4.69) is 28.5 Å². The zero-order valence-electron chi connectivity index (χ0n) is 14.3. The molecule has 0 saturated carbocycles. The van der Waals surface area contributed by atoms with Crippen molar-refractivity contribution in [2.24, 2.45) is 0 Å². The van der Waals surface area contributed by atoms with E-state index in [4.69, 9.17) is 23.2 Å². The highest BCUT2D eigenvalue weighted by atomic mass is 79.9. The molecule has 0 radical (unpaired) electrons. The van der Waals surface area contributed by atoms with Crippen molar-refractivity contribution in [3.05, 3.63) is 63.6 Å². The van der Waals surface area contributed by atoms with Crippen LogP contribution in [-0.4, -0.2) is 33.7 Å². The van der Waals surface area contributed by atoms with Crippen LogP contribution in [0.4, 0.5) is 5.69 Å². The number of halogens is 3. The molecule has 0 spiro atoms. The van der Waals surface area contributed by atoms with Crippen molar-refractivity contribution >= 4 is 45.8 Å². The van der Waals surface area contributed by atoms with Crippen LogP contribution in [-0.2, 0) is 5.72 Å². The molecule has 0 aliphatic carbocycles. The minimum Gasteiger partial charge on any atom is -1.00 e. The van der Waals surface area contributed by atoms with E-state index in [9.17, 15) is 5.11 Å². The van der Waals surface area contributed by atoms with Crippen LogP contribution in [0.5, 0.6) is 0 Å². The van der Waals surface area contributed by atoms with Gasteiger partial charge in [-0.3, -0.25) is 0 Å². The molecule has 0 saturated heterocycles. The molecule has 2 heterocycles. The average molecular weight is 474 g/mol. The molecule has 1 N–H and O–H groups in total. The Morgan fingerprint density at radius 3 is 2.65 bits per heavy atom. The lowest BCUT2D eigenvalue weighted by atomic mass is 10.0. The summed E-state index contributed by atoms with van der Waals surface area (Å²) in [5.74, 6) is 1.06. The van der Waals surface area contributed by atoms with Crippen LogP contribution >= 0.6 is 35.0 Å². The van der Waals surface area contributed by atoms with Crippen LogP contribution in [0.2, 0.25) is 10.0 Å². The molecule has 2 aliphatic heterocycles. The fraction of sp³-hybridized carbons (Fsp3) is 0.316. The number of aryl methyl sites for hydroxylation is 1. The molecule has 1 unspecified atom stereocenters. The molecule has 2 aromatic carbocycles. The molecule has 4 rings (SSSR count). The summed E-state index contributed by atoms with van der Waals surface area (Å²) < 4.78 is 2.10. The lowest BCUT2D eigenvalue weighted by Gasteiger charge is -2.24. The Bertz CT molecular complexity index is 876. The van der Waals surface area contributed by atoms with E-state index in [1.165, 1.54) is 5.56 Å². The highest BCUT2D eigenvalue weighted by Crippen LogP contribution is 2.39. The number of nitrogens with zero attached hydrogens (tertiary/aromatic N) is 2. The number of hydrogen-bond acceptors (Lipinski definition) is 3. The third-order valence-electron chi connectivity index (χ3n) is 4.83. The quantitative estimate of drug-likeness (QED) is 0.669. The molecule has 0 aromatic heterocycles. The minimum absolute atomic E-state index is 0. The Balaban J connectivity index is 0.00000196. The van der Waals surface area contributed by atoms with E-state index in [0.717, 1.165) is 35.1 Å². The van der Waals surface area contributed by atoms with Crippen molar-refractivity contribution in [2.45, 2.75) is 19.1 Å². The van der Waals surface area contributed by atoms with Gasteiger partial charge in [-0.2, -0.15) is 0 Å². The van der Waals surface area contributed by atoms with Crippen molar-refractivity contribution in [2.75, 3.05) is 23.7 Å². The van der Waals surface area contributed by atoms with Gasteiger partial charge in [0.05, 0.1) is 16.6 Å². The van der Waals surface area contributed by atoms with Gasteiger partial charge in [-0.05, 0) is 48.9 Å². The van der Waals surface area contributed by atoms with Crippen molar-refractivity contribution in [1.29, 1.82) is 0 Å². The number of anilines is 1.